The number of hydrogen-bond donors (Lipinski definition) is 0. The van der Waals surface area contributed by atoms with E-state index in [1.807, 2.05) is 0 Å². The molecule has 2 fully saturated rings. The van der Waals surface area contributed by atoms with Crippen LogP contribution < -0.4 is 4.90 Å². The van der Waals surface area contributed by atoms with Gasteiger partial charge >= 0.3 is 0 Å². The maximum Gasteiger partial charge on any atom is 0.140 e. The molecule has 0 amide bonds. The molecule has 3 heterocycles. The first kappa shape index (κ1) is 14.9. The molecule has 4 rings (SSSR count). The van der Waals surface area contributed by atoms with E-state index in [0.717, 1.165) is 23.8 Å². The number of rotatable bonds is 1. The fourth-order valence-electron chi connectivity index (χ4n) is 4.38. The largest absolute Gasteiger partial charge is 0.353 e. The summed E-state index contributed by atoms with van der Waals surface area (Å²) in [6.45, 7) is 7.88. The fourth-order valence-corrected chi connectivity index (χ4v) is 4.38. The first-order valence-electron chi connectivity index (χ1n) is 8.80. The van der Waals surface area contributed by atoms with Crippen molar-refractivity contribution in [3.63, 3.8) is 0 Å². The van der Waals surface area contributed by atoms with Crippen LogP contribution in [-0.2, 0) is 0 Å². The first-order valence-corrected chi connectivity index (χ1v) is 8.80. The van der Waals surface area contributed by atoms with Crippen LogP contribution in [0.25, 0.3) is 10.9 Å². The third-order valence-corrected chi connectivity index (χ3v) is 5.77. The van der Waals surface area contributed by atoms with Gasteiger partial charge in [0.1, 0.15) is 12.1 Å². The molecule has 4 nitrogen and oxygen atoms in total. The summed E-state index contributed by atoms with van der Waals surface area (Å²) >= 11 is 0. The van der Waals surface area contributed by atoms with Gasteiger partial charge in [-0.05, 0) is 75.9 Å². The van der Waals surface area contributed by atoms with Crippen molar-refractivity contribution in [2.75, 3.05) is 31.6 Å². The van der Waals surface area contributed by atoms with Crippen LogP contribution in [0.2, 0.25) is 0 Å². The van der Waals surface area contributed by atoms with Gasteiger partial charge in [-0.3, -0.25) is 0 Å². The molecule has 2 aliphatic heterocycles. The Hall–Kier alpha value is -1.68. The van der Waals surface area contributed by atoms with Gasteiger partial charge in [0.25, 0.3) is 0 Å². The summed E-state index contributed by atoms with van der Waals surface area (Å²) in [6, 6.07) is 5.12. The molecule has 0 spiro atoms. The van der Waals surface area contributed by atoms with Gasteiger partial charge in [0.15, 0.2) is 0 Å². The molecule has 2 atom stereocenters. The van der Waals surface area contributed by atoms with Crippen molar-refractivity contribution in [1.82, 2.24) is 14.9 Å². The molecule has 0 bridgehead atoms. The van der Waals surface area contributed by atoms with Crippen LogP contribution >= 0.6 is 0 Å². The van der Waals surface area contributed by atoms with Gasteiger partial charge < -0.3 is 9.80 Å². The van der Waals surface area contributed by atoms with Gasteiger partial charge in [-0.2, -0.15) is 0 Å². The summed E-state index contributed by atoms with van der Waals surface area (Å²) in [4.78, 5) is 14.3. The van der Waals surface area contributed by atoms with Crippen molar-refractivity contribution < 1.29 is 0 Å². The van der Waals surface area contributed by atoms with Gasteiger partial charge in [0.05, 0.1) is 5.52 Å². The number of likely N-dealkylation sites (tertiary alicyclic amines) is 1. The van der Waals surface area contributed by atoms with Gasteiger partial charge in [-0.25, -0.2) is 9.97 Å². The average Bonchev–Trinajstić information content (AvgIpc) is 2.54. The van der Waals surface area contributed by atoms with E-state index in [1.165, 1.54) is 48.9 Å². The van der Waals surface area contributed by atoms with Crippen molar-refractivity contribution in [2.45, 2.75) is 39.2 Å². The molecule has 0 N–H and O–H groups in total. The van der Waals surface area contributed by atoms with Crippen LogP contribution in [0, 0.1) is 19.8 Å². The predicted octanol–water partition coefficient (Wildman–Crippen LogP) is 3.17. The number of fused-ring (bicyclic) bond motifs is 2. The van der Waals surface area contributed by atoms with Gasteiger partial charge in [-0.15, -0.1) is 0 Å². The van der Waals surface area contributed by atoms with E-state index in [0.29, 0.717) is 6.04 Å². The van der Waals surface area contributed by atoms with Gasteiger partial charge in [-0.1, -0.05) is 0 Å². The maximum atomic E-state index is 4.71. The normalized spacial score (nSPS) is 25.6. The van der Waals surface area contributed by atoms with E-state index in [1.54, 1.807) is 6.33 Å². The number of piperidine rings is 2. The zero-order valence-electron chi connectivity index (χ0n) is 14.4. The monoisotopic (exact) mass is 310 g/mol. The third-order valence-electron chi connectivity index (χ3n) is 5.77. The van der Waals surface area contributed by atoms with Crippen LogP contribution in [0.3, 0.4) is 0 Å². The zero-order valence-corrected chi connectivity index (χ0v) is 14.4. The highest BCUT2D eigenvalue weighted by molar-refractivity contribution is 5.90. The van der Waals surface area contributed by atoms with Crippen molar-refractivity contribution in [3.8, 4) is 0 Å². The van der Waals surface area contributed by atoms with Crippen molar-refractivity contribution >= 4 is 16.7 Å². The zero-order chi connectivity index (χ0) is 16.0. The maximum absolute atomic E-state index is 4.71. The summed E-state index contributed by atoms with van der Waals surface area (Å²) in [7, 11) is 2.25. The van der Waals surface area contributed by atoms with Crippen LogP contribution in [0.4, 0.5) is 5.82 Å². The second kappa shape index (κ2) is 5.75. The third kappa shape index (κ3) is 2.59. The average molecular weight is 310 g/mol. The standard InChI is InChI=1S/C19H26N4/c1-13-9-16-17(10-14(13)2)20-12-21-19(16)23-7-4-5-15-11-22(3)8-6-18(15)23/h9-10,12,15,18H,4-8,11H2,1-3H3/t15-,18-/m0/s1. The van der Waals surface area contributed by atoms with Crippen LogP contribution in [0.15, 0.2) is 18.5 Å². The lowest BCUT2D eigenvalue weighted by molar-refractivity contribution is 0.154. The SMILES string of the molecule is Cc1cc2ncnc(N3CCC[C@H]4CN(C)CC[C@@H]43)c2cc1C. The molecular weight excluding hydrogens is 284 g/mol. The van der Waals surface area contributed by atoms with Crippen molar-refractivity contribution in [2.24, 2.45) is 5.92 Å². The van der Waals surface area contributed by atoms with Crippen LogP contribution in [0.1, 0.15) is 30.4 Å². The number of aromatic nitrogens is 2. The summed E-state index contributed by atoms with van der Waals surface area (Å²) < 4.78 is 0. The van der Waals surface area contributed by atoms with Gasteiger partial charge in [0, 0.05) is 24.5 Å². The Kier molecular flexibility index (Phi) is 3.72. The second-order valence-electron chi connectivity index (χ2n) is 7.36. The highest BCUT2D eigenvalue weighted by atomic mass is 15.3. The van der Waals surface area contributed by atoms with Crippen LogP contribution in [0.5, 0.6) is 0 Å². The summed E-state index contributed by atoms with van der Waals surface area (Å²) in [5, 5.41) is 1.22. The van der Waals surface area contributed by atoms with E-state index >= 15 is 0 Å². The number of aryl methyl sites for hydroxylation is 2. The minimum Gasteiger partial charge on any atom is -0.353 e. The lowest BCUT2D eigenvalue weighted by atomic mass is 9.84. The molecule has 23 heavy (non-hydrogen) atoms. The summed E-state index contributed by atoms with van der Waals surface area (Å²) in [5.41, 5.74) is 3.71. The van der Waals surface area contributed by atoms with Crippen molar-refractivity contribution in [1.29, 1.82) is 0 Å². The predicted molar refractivity (Wildman–Crippen MR) is 95.0 cm³/mol. The molecule has 0 unspecified atom stereocenters. The minimum atomic E-state index is 0.639. The lowest BCUT2D eigenvalue weighted by Gasteiger charge is -2.47. The van der Waals surface area contributed by atoms with E-state index < -0.39 is 0 Å². The number of nitrogens with zero attached hydrogens (tertiary/aromatic N) is 4. The Morgan fingerprint density at radius 2 is 1.87 bits per heavy atom. The minimum absolute atomic E-state index is 0.639. The fraction of sp³-hybridized carbons (Fsp3) is 0.579. The molecule has 2 saturated heterocycles. The molecule has 2 aliphatic rings. The highest BCUT2D eigenvalue weighted by Gasteiger charge is 2.36. The lowest BCUT2D eigenvalue weighted by Crippen LogP contribution is -2.53. The molecule has 2 aromatic rings. The summed E-state index contributed by atoms with van der Waals surface area (Å²) in [5.74, 6) is 1.93. The first-order chi connectivity index (χ1) is 11.1. The van der Waals surface area contributed by atoms with E-state index in [4.69, 9.17) is 4.98 Å². The Morgan fingerprint density at radius 1 is 1.04 bits per heavy atom. The Bertz CT molecular complexity index is 727. The molecule has 1 aromatic heterocycles. The van der Waals surface area contributed by atoms with Crippen LogP contribution in [-0.4, -0.2) is 47.6 Å². The highest BCUT2D eigenvalue weighted by Crippen LogP contribution is 2.35. The Labute approximate surface area is 138 Å². The molecular formula is C19H26N4. The van der Waals surface area contributed by atoms with E-state index in [-0.39, 0.29) is 0 Å². The number of benzene rings is 1. The topological polar surface area (TPSA) is 32.3 Å². The quantitative estimate of drug-likeness (QED) is 0.810. The molecule has 0 radical (unpaired) electrons. The Morgan fingerprint density at radius 3 is 2.74 bits per heavy atom. The molecule has 0 aliphatic carbocycles. The van der Waals surface area contributed by atoms with Crippen molar-refractivity contribution in [3.05, 3.63) is 29.6 Å². The van der Waals surface area contributed by atoms with Gasteiger partial charge in [0.2, 0.25) is 0 Å². The van der Waals surface area contributed by atoms with E-state index in [2.05, 4.69) is 47.8 Å². The molecule has 1 aromatic carbocycles. The Balaban J connectivity index is 1.77. The molecule has 122 valence electrons. The smallest absolute Gasteiger partial charge is 0.140 e. The van der Waals surface area contributed by atoms with E-state index in [9.17, 15) is 0 Å². The second-order valence-corrected chi connectivity index (χ2v) is 7.36. The molecule has 0 saturated carbocycles. The molecule has 4 heteroatoms. The summed E-state index contributed by atoms with van der Waals surface area (Å²) in [6.07, 6.45) is 5.61. The number of hydrogen-bond acceptors (Lipinski definition) is 4. The number of anilines is 1.